The Labute approximate surface area is 161 Å². The molecule has 1 heterocycles. The minimum Gasteiger partial charge on any atom is -0.480 e. The van der Waals surface area contributed by atoms with Gasteiger partial charge in [0.05, 0.1) is 10.0 Å². The highest BCUT2D eigenvalue weighted by Gasteiger charge is 2.36. The van der Waals surface area contributed by atoms with E-state index in [1.54, 1.807) is 25.1 Å². The fourth-order valence-electron chi connectivity index (χ4n) is 2.84. The lowest BCUT2D eigenvalue weighted by Gasteiger charge is -2.25. The summed E-state index contributed by atoms with van der Waals surface area (Å²) < 4.78 is 0. The predicted octanol–water partition coefficient (Wildman–Crippen LogP) is 3.13. The van der Waals surface area contributed by atoms with E-state index in [4.69, 9.17) is 23.2 Å². The van der Waals surface area contributed by atoms with Crippen LogP contribution >= 0.6 is 23.2 Å². The van der Waals surface area contributed by atoms with Gasteiger partial charge in [0.2, 0.25) is 5.91 Å². The van der Waals surface area contributed by atoms with Crippen molar-refractivity contribution in [3.05, 3.63) is 46.0 Å². The molecule has 0 aromatic heterocycles. The molecule has 1 aliphatic heterocycles. The van der Waals surface area contributed by atoms with Crippen LogP contribution in [-0.4, -0.2) is 46.4 Å². The van der Waals surface area contributed by atoms with E-state index in [0.29, 0.717) is 30.0 Å². The van der Waals surface area contributed by atoms with Crippen LogP contribution in [0, 0.1) is 0 Å². The van der Waals surface area contributed by atoms with Crippen molar-refractivity contribution < 1.29 is 19.5 Å². The zero-order valence-corrected chi connectivity index (χ0v) is 15.8. The number of likely N-dealkylation sites (tertiary alicyclic amines) is 1. The highest BCUT2D eigenvalue weighted by molar-refractivity contribution is 6.42. The molecule has 0 bridgehead atoms. The molecule has 1 fully saturated rings. The van der Waals surface area contributed by atoms with Crippen LogP contribution in [0.4, 0.5) is 0 Å². The topological polar surface area (TPSA) is 86.7 Å². The van der Waals surface area contributed by atoms with Crippen LogP contribution in [0.5, 0.6) is 0 Å². The maximum Gasteiger partial charge on any atom is 0.326 e. The molecule has 2 atom stereocenters. The minimum absolute atomic E-state index is 0.186. The van der Waals surface area contributed by atoms with Crippen molar-refractivity contribution in [3.63, 3.8) is 0 Å². The van der Waals surface area contributed by atoms with Crippen molar-refractivity contribution in [2.45, 2.75) is 38.3 Å². The van der Waals surface area contributed by atoms with Gasteiger partial charge in [-0.25, -0.2) is 4.79 Å². The third-order valence-corrected chi connectivity index (χ3v) is 4.94. The van der Waals surface area contributed by atoms with Gasteiger partial charge in [-0.1, -0.05) is 35.4 Å². The van der Waals surface area contributed by atoms with E-state index in [-0.39, 0.29) is 17.4 Å². The summed E-state index contributed by atoms with van der Waals surface area (Å²) >= 11 is 11.8. The van der Waals surface area contributed by atoms with Gasteiger partial charge in [-0.3, -0.25) is 9.59 Å². The fourth-order valence-corrected chi connectivity index (χ4v) is 3.14. The number of amides is 2. The molecule has 1 aliphatic rings. The Kier molecular flexibility index (Phi) is 7.06. The zero-order chi connectivity index (χ0) is 19.3. The van der Waals surface area contributed by atoms with Crippen LogP contribution in [0.15, 0.2) is 30.4 Å². The summed E-state index contributed by atoms with van der Waals surface area (Å²) in [5, 5.41) is 12.4. The average molecular weight is 399 g/mol. The second kappa shape index (κ2) is 9.05. The Morgan fingerprint density at radius 2 is 2.08 bits per heavy atom. The quantitative estimate of drug-likeness (QED) is 0.720. The molecule has 1 aromatic rings. The molecule has 2 amide bonds. The summed E-state index contributed by atoms with van der Waals surface area (Å²) in [6.45, 7) is 2.19. The molecule has 0 radical (unpaired) electrons. The summed E-state index contributed by atoms with van der Waals surface area (Å²) in [5.41, 5.74) is 0.336. The van der Waals surface area contributed by atoms with Crippen molar-refractivity contribution in [2.75, 3.05) is 6.54 Å². The van der Waals surface area contributed by atoms with Crippen molar-refractivity contribution in [2.24, 2.45) is 0 Å². The standard InChI is InChI=1S/C18H20Cl2N2O4/c1-2-3-5-14(18(25)26)21-16(23)15-6-4-9-22(15)17(24)11-7-8-12(19)13(20)10-11/h2-3,7-8,10,14-15H,4-6,9H2,1H3,(H,21,23)(H,25,26)/b3-2+. The Morgan fingerprint density at radius 3 is 2.69 bits per heavy atom. The molecule has 0 aliphatic carbocycles. The van der Waals surface area contributed by atoms with Gasteiger partial charge in [0.1, 0.15) is 12.1 Å². The molecule has 0 saturated carbocycles. The number of carbonyl (C=O) groups excluding carboxylic acids is 2. The maximum atomic E-state index is 12.7. The van der Waals surface area contributed by atoms with Gasteiger partial charge in [0.25, 0.3) is 5.91 Å². The molecular formula is C18H20Cl2N2O4. The summed E-state index contributed by atoms with van der Waals surface area (Å²) in [4.78, 5) is 38.0. The van der Waals surface area contributed by atoms with Gasteiger partial charge in [0.15, 0.2) is 0 Å². The Balaban J connectivity index is 2.12. The number of hydrogen-bond acceptors (Lipinski definition) is 3. The second-order valence-electron chi connectivity index (χ2n) is 5.99. The van der Waals surface area contributed by atoms with Gasteiger partial charge in [-0.05, 0) is 44.4 Å². The van der Waals surface area contributed by atoms with Crippen LogP contribution in [0.2, 0.25) is 10.0 Å². The van der Waals surface area contributed by atoms with E-state index in [1.165, 1.54) is 17.0 Å². The van der Waals surface area contributed by atoms with Gasteiger partial charge in [-0.2, -0.15) is 0 Å². The number of allylic oxidation sites excluding steroid dienone is 1. The number of nitrogens with zero attached hydrogens (tertiary/aromatic N) is 1. The Bertz CT molecular complexity index is 736. The lowest BCUT2D eigenvalue weighted by molar-refractivity contribution is -0.142. The third kappa shape index (κ3) is 4.77. The largest absolute Gasteiger partial charge is 0.480 e. The van der Waals surface area contributed by atoms with Crippen LogP contribution in [0.1, 0.15) is 36.5 Å². The molecular weight excluding hydrogens is 379 g/mol. The Morgan fingerprint density at radius 1 is 1.35 bits per heavy atom. The van der Waals surface area contributed by atoms with Crippen molar-refractivity contribution >= 4 is 41.0 Å². The van der Waals surface area contributed by atoms with Crippen molar-refractivity contribution in [1.82, 2.24) is 10.2 Å². The van der Waals surface area contributed by atoms with E-state index in [2.05, 4.69) is 5.32 Å². The second-order valence-corrected chi connectivity index (χ2v) is 6.80. The highest BCUT2D eigenvalue weighted by Crippen LogP contribution is 2.26. The fraction of sp³-hybridized carbons (Fsp3) is 0.389. The first-order valence-electron chi connectivity index (χ1n) is 8.25. The summed E-state index contributed by atoms with van der Waals surface area (Å²) in [6.07, 6.45) is 4.72. The summed E-state index contributed by atoms with van der Waals surface area (Å²) in [6, 6.07) is 2.81. The van der Waals surface area contributed by atoms with Gasteiger partial charge in [-0.15, -0.1) is 0 Å². The first kappa shape index (κ1) is 20.3. The molecule has 2 unspecified atom stereocenters. The molecule has 1 aromatic carbocycles. The molecule has 140 valence electrons. The number of nitrogens with one attached hydrogen (secondary N) is 1. The number of aliphatic carboxylic acids is 1. The lowest BCUT2D eigenvalue weighted by Crippen LogP contribution is -2.50. The zero-order valence-electron chi connectivity index (χ0n) is 14.2. The van der Waals surface area contributed by atoms with E-state index in [0.717, 1.165) is 0 Å². The SMILES string of the molecule is C/C=C/CC(NC(=O)C1CCCN1C(=O)c1ccc(Cl)c(Cl)c1)C(=O)O. The lowest BCUT2D eigenvalue weighted by atomic mass is 10.1. The van der Waals surface area contributed by atoms with Crippen molar-refractivity contribution in [3.8, 4) is 0 Å². The molecule has 1 saturated heterocycles. The van der Waals surface area contributed by atoms with E-state index in [1.807, 2.05) is 0 Å². The third-order valence-electron chi connectivity index (χ3n) is 4.20. The molecule has 6 nitrogen and oxygen atoms in total. The number of carboxylic acids is 1. The van der Waals surface area contributed by atoms with Crippen molar-refractivity contribution in [1.29, 1.82) is 0 Å². The normalized spacial score (nSPS) is 18.1. The van der Waals surface area contributed by atoms with Crippen LogP contribution < -0.4 is 5.32 Å². The summed E-state index contributed by atoms with van der Waals surface area (Å²) in [7, 11) is 0. The summed E-state index contributed by atoms with van der Waals surface area (Å²) in [5.74, 6) is -1.91. The number of halogens is 2. The van der Waals surface area contributed by atoms with Crippen LogP contribution in [0.3, 0.4) is 0 Å². The molecule has 8 heteroatoms. The number of carbonyl (C=O) groups is 3. The van der Waals surface area contributed by atoms with E-state index >= 15 is 0 Å². The number of carboxylic acid groups (broad SMARTS) is 1. The first-order valence-corrected chi connectivity index (χ1v) is 9.01. The Hall–Kier alpha value is -2.05. The van der Waals surface area contributed by atoms with E-state index in [9.17, 15) is 19.5 Å². The van der Waals surface area contributed by atoms with Gasteiger partial charge in [0, 0.05) is 12.1 Å². The predicted molar refractivity (Wildman–Crippen MR) is 99.5 cm³/mol. The van der Waals surface area contributed by atoms with Crippen LogP contribution in [0.25, 0.3) is 0 Å². The molecule has 2 N–H and O–H groups in total. The van der Waals surface area contributed by atoms with E-state index < -0.39 is 24.0 Å². The maximum absolute atomic E-state index is 12.7. The first-order chi connectivity index (χ1) is 12.3. The number of rotatable bonds is 6. The van der Waals surface area contributed by atoms with Gasteiger partial charge >= 0.3 is 5.97 Å². The monoisotopic (exact) mass is 398 g/mol. The average Bonchev–Trinajstić information content (AvgIpc) is 3.09. The molecule has 2 rings (SSSR count). The number of hydrogen-bond donors (Lipinski definition) is 2. The minimum atomic E-state index is -1.11. The van der Waals surface area contributed by atoms with Gasteiger partial charge < -0.3 is 15.3 Å². The smallest absolute Gasteiger partial charge is 0.326 e. The molecule has 26 heavy (non-hydrogen) atoms. The molecule has 0 spiro atoms. The highest BCUT2D eigenvalue weighted by atomic mass is 35.5. The van der Waals surface area contributed by atoms with Crippen LogP contribution in [-0.2, 0) is 9.59 Å². The number of benzene rings is 1.